The molecule has 2 aromatic rings. The number of aryl methyl sites for hydroxylation is 1. The molecule has 112 valence electrons. The summed E-state index contributed by atoms with van der Waals surface area (Å²) in [6, 6.07) is 5.76. The molecule has 1 aromatic carbocycles. The topological polar surface area (TPSA) is 60.1 Å². The molecule has 2 rings (SSSR count). The molecule has 0 aliphatic heterocycles. The Bertz CT molecular complexity index is 669. The van der Waals surface area contributed by atoms with Crippen molar-refractivity contribution in [3.8, 4) is 0 Å². The number of carbonyl (C=O) groups is 1. The number of anilines is 2. The van der Waals surface area contributed by atoms with Crippen molar-refractivity contribution >= 4 is 49.1 Å². The average molecular weight is 415 g/mol. The normalized spacial score (nSPS) is 11.0. The molecule has 6 heteroatoms. The summed E-state index contributed by atoms with van der Waals surface area (Å²) in [4.78, 5) is 12.5. The van der Waals surface area contributed by atoms with Gasteiger partial charge in [0.1, 0.15) is 5.69 Å². The van der Waals surface area contributed by atoms with Gasteiger partial charge < -0.3 is 15.6 Å². The van der Waals surface area contributed by atoms with Gasteiger partial charge in [0.25, 0.3) is 5.91 Å². The maximum absolute atomic E-state index is 12.5. The van der Waals surface area contributed by atoms with Crippen molar-refractivity contribution in [3.63, 3.8) is 0 Å². The van der Waals surface area contributed by atoms with Crippen molar-refractivity contribution in [2.45, 2.75) is 26.8 Å². The molecule has 0 saturated heterocycles. The first kappa shape index (κ1) is 16.1. The summed E-state index contributed by atoms with van der Waals surface area (Å²) in [6.07, 6.45) is 1.78. The lowest BCUT2D eigenvalue weighted by Crippen LogP contribution is -2.18. The van der Waals surface area contributed by atoms with E-state index in [1.165, 1.54) is 0 Å². The van der Waals surface area contributed by atoms with Crippen LogP contribution in [-0.4, -0.2) is 10.5 Å². The van der Waals surface area contributed by atoms with E-state index in [9.17, 15) is 4.79 Å². The first-order chi connectivity index (χ1) is 9.79. The number of carbonyl (C=O) groups excluding carboxylic acids is 1. The van der Waals surface area contributed by atoms with E-state index >= 15 is 0 Å². The van der Waals surface area contributed by atoms with E-state index in [4.69, 9.17) is 5.73 Å². The predicted molar refractivity (Wildman–Crippen MR) is 93.8 cm³/mol. The van der Waals surface area contributed by atoms with Gasteiger partial charge in [0.2, 0.25) is 0 Å². The summed E-state index contributed by atoms with van der Waals surface area (Å²) in [5, 5.41) is 2.92. The van der Waals surface area contributed by atoms with Crippen molar-refractivity contribution in [1.29, 1.82) is 0 Å². The van der Waals surface area contributed by atoms with E-state index in [0.717, 1.165) is 14.5 Å². The van der Waals surface area contributed by atoms with Crippen molar-refractivity contribution in [1.82, 2.24) is 4.57 Å². The van der Waals surface area contributed by atoms with Crippen LogP contribution in [-0.2, 0) is 0 Å². The molecular weight excluding hydrogens is 398 g/mol. The van der Waals surface area contributed by atoms with Gasteiger partial charge in [0.15, 0.2) is 0 Å². The highest BCUT2D eigenvalue weighted by atomic mass is 79.9. The van der Waals surface area contributed by atoms with Gasteiger partial charge in [0.05, 0.1) is 11.4 Å². The van der Waals surface area contributed by atoms with Crippen molar-refractivity contribution in [2.75, 3.05) is 11.1 Å². The fraction of sp³-hybridized carbons (Fsp3) is 0.267. The second kappa shape index (κ2) is 6.23. The molecule has 0 aliphatic carbocycles. The Kier molecular flexibility index (Phi) is 4.78. The minimum atomic E-state index is -0.189. The Labute approximate surface area is 141 Å². The first-order valence-corrected chi connectivity index (χ1v) is 8.12. The maximum atomic E-state index is 12.5. The SMILES string of the molecule is Cc1cc(Br)c(NC(=O)c2cc(N)cn2C(C)C)c(Br)c1. The zero-order valence-corrected chi connectivity index (χ0v) is 15.2. The smallest absolute Gasteiger partial charge is 0.272 e. The molecule has 1 heterocycles. The molecule has 0 saturated carbocycles. The van der Waals surface area contributed by atoms with Crippen LogP contribution in [0.4, 0.5) is 11.4 Å². The summed E-state index contributed by atoms with van der Waals surface area (Å²) in [5.74, 6) is -0.189. The second-order valence-electron chi connectivity index (χ2n) is 5.22. The highest BCUT2D eigenvalue weighted by molar-refractivity contribution is 9.11. The summed E-state index contributed by atoms with van der Waals surface area (Å²) in [7, 11) is 0. The third kappa shape index (κ3) is 3.49. The molecule has 0 radical (unpaired) electrons. The number of benzene rings is 1. The molecule has 0 bridgehead atoms. The Morgan fingerprint density at radius 3 is 2.33 bits per heavy atom. The predicted octanol–water partition coefficient (Wildman–Crippen LogP) is 4.74. The Balaban J connectivity index is 2.35. The van der Waals surface area contributed by atoms with E-state index in [0.29, 0.717) is 17.1 Å². The van der Waals surface area contributed by atoms with Crippen LogP contribution in [0.25, 0.3) is 0 Å². The van der Waals surface area contributed by atoms with Crippen LogP contribution in [0.2, 0.25) is 0 Å². The monoisotopic (exact) mass is 413 g/mol. The fourth-order valence-electron chi connectivity index (χ4n) is 2.11. The van der Waals surface area contributed by atoms with E-state index in [1.54, 1.807) is 12.3 Å². The molecule has 0 spiro atoms. The first-order valence-electron chi connectivity index (χ1n) is 6.54. The molecular formula is C15H17Br2N3O. The van der Waals surface area contributed by atoms with Gasteiger partial charge in [0, 0.05) is 21.2 Å². The Hall–Kier alpha value is -1.27. The zero-order valence-electron chi connectivity index (χ0n) is 12.1. The molecule has 1 amide bonds. The minimum Gasteiger partial charge on any atom is -0.397 e. The number of nitrogens with two attached hydrogens (primary N) is 1. The number of aromatic nitrogens is 1. The van der Waals surface area contributed by atoms with Crippen LogP contribution >= 0.6 is 31.9 Å². The lowest BCUT2D eigenvalue weighted by atomic mass is 10.2. The number of rotatable bonds is 3. The van der Waals surface area contributed by atoms with Crippen LogP contribution in [0.1, 0.15) is 35.9 Å². The number of halogens is 2. The highest BCUT2D eigenvalue weighted by Crippen LogP contribution is 2.33. The maximum Gasteiger partial charge on any atom is 0.272 e. The lowest BCUT2D eigenvalue weighted by Gasteiger charge is -2.14. The van der Waals surface area contributed by atoms with Crippen molar-refractivity contribution in [2.24, 2.45) is 0 Å². The second-order valence-corrected chi connectivity index (χ2v) is 6.93. The Morgan fingerprint density at radius 1 is 1.24 bits per heavy atom. The average Bonchev–Trinajstić information content (AvgIpc) is 2.76. The molecule has 1 aromatic heterocycles. The van der Waals surface area contributed by atoms with Crippen LogP contribution in [0.5, 0.6) is 0 Å². The van der Waals surface area contributed by atoms with E-state index < -0.39 is 0 Å². The van der Waals surface area contributed by atoms with Crippen LogP contribution < -0.4 is 11.1 Å². The summed E-state index contributed by atoms with van der Waals surface area (Å²) in [5.41, 5.74) is 8.74. The van der Waals surface area contributed by atoms with Crippen molar-refractivity contribution in [3.05, 3.63) is 44.6 Å². The number of nitrogens with zero attached hydrogens (tertiary/aromatic N) is 1. The van der Waals surface area contributed by atoms with Gasteiger partial charge in [-0.1, -0.05) is 0 Å². The highest BCUT2D eigenvalue weighted by Gasteiger charge is 2.17. The van der Waals surface area contributed by atoms with E-state index in [2.05, 4.69) is 37.2 Å². The molecule has 4 nitrogen and oxygen atoms in total. The molecule has 0 atom stereocenters. The van der Waals surface area contributed by atoms with Crippen LogP contribution in [0.3, 0.4) is 0 Å². The van der Waals surface area contributed by atoms with Gasteiger partial charge >= 0.3 is 0 Å². The fourth-order valence-corrected chi connectivity index (χ4v) is 3.72. The molecule has 0 fully saturated rings. The summed E-state index contributed by atoms with van der Waals surface area (Å²) in [6.45, 7) is 6.01. The van der Waals surface area contributed by atoms with Crippen LogP contribution in [0, 0.1) is 6.92 Å². The van der Waals surface area contributed by atoms with Gasteiger partial charge in [-0.3, -0.25) is 4.79 Å². The van der Waals surface area contributed by atoms with Gasteiger partial charge in [-0.05, 0) is 76.4 Å². The number of nitrogen functional groups attached to an aromatic ring is 1. The molecule has 0 aliphatic rings. The third-order valence-corrected chi connectivity index (χ3v) is 4.33. The molecule has 21 heavy (non-hydrogen) atoms. The number of amides is 1. The summed E-state index contributed by atoms with van der Waals surface area (Å²) >= 11 is 6.95. The van der Waals surface area contributed by atoms with E-state index in [-0.39, 0.29) is 11.9 Å². The van der Waals surface area contributed by atoms with Crippen molar-refractivity contribution < 1.29 is 4.79 Å². The standard InChI is InChI=1S/C15H17Br2N3O/c1-8(2)20-7-10(18)6-13(20)15(21)19-14-11(16)4-9(3)5-12(14)17/h4-8H,18H2,1-3H3,(H,19,21). The quantitative estimate of drug-likeness (QED) is 0.761. The third-order valence-electron chi connectivity index (χ3n) is 3.08. The zero-order chi connectivity index (χ0) is 15.7. The number of nitrogens with one attached hydrogen (secondary N) is 1. The molecule has 0 unspecified atom stereocenters. The van der Waals surface area contributed by atoms with Gasteiger partial charge in [-0.15, -0.1) is 0 Å². The van der Waals surface area contributed by atoms with Gasteiger partial charge in [-0.25, -0.2) is 0 Å². The summed E-state index contributed by atoms with van der Waals surface area (Å²) < 4.78 is 3.53. The van der Waals surface area contributed by atoms with Crippen LogP contribution in [0.15, 0.2) is 33.3 Å². The Morgan fingerprint density at radius 2 is 1.81 bits per heavy atom. The molecule has 3 N–H and O–H groups in total. The van der Waals surface area contributed by atoms with E-state index in [1.807, 2.05) is 37.5 Å². The largest absolute Gasteiger partial charge is 0.397 e. The number of hydrogen-bond donors (Lipinski definition) is 2. The minimum absolute atomic E-state index is 0.160. The van der Waals surface area contributed by atoms with Gasteiger partial charge in [-0.2, -0.15) is 0 Å². The lowest BCUT2D eigenvalue weighted by molar-refractivity contribution is 0.101. The number of hydrogen-bond acceptors (Lipinski definition) is 2.